The Kier molecular flexibility index (Phi) is 4.83. The van der Waals surface area contributed by atoms with Crippen molar-refractivity contribution in [2.24, 2.45) is 11.7 Å². The van der Waals surface area contributed by atoms with E-state index in [1.165, 1.54) is 4.90 Å². The van der Waals surface area contributed by atoms with Gasteiger partial charge in [-0.2, -0.15) is 0 Å². The SMILES string of the molecule is Cc1cc(C)c(/C=C2\C(=O)N(C(=O)C(N)CC(C)C)c3ccccc32)[nH]1. The molecule has 5 heteroatoms. The Hall–Kier alpha value is -2.66. The summed E-state index contributed by atoms with van der Waals surface area (Å²) in [5.41, 5.74) is 10.9. The molecule has 3 rings (SSSR count). The predicted molar refractivity (Wildman–Crippen MR) is 105 cm³/mol. The molecule has 1 unspecified atom stereocenters. The second-order valence-electron chi connectivity index (χ2n) is 7.34. The van der Waals surface area contributed by atoms with Crippen molar-refractivity contribution in [3.63, 3.8) is 0 Å². The van der Waals surface area contributed by atoms with E-state index in [9.17, 15) is 9.59 Å². The summed E-state index contributed by atoms with van der Waals surface area (Å²) in [5, 5.41) is 0. The molecule has 0 saturated heterocycles. The number of nitrogens with two attached hydrogens (primary N) is 1. The van der Waals surface area contributed by atoms with Crippen LogP contribution in [0.1, 0.15) is 42.8 Å². The molecule has 0 bridgehead atoms. The molecule has 0 spiro atoms. The third-order valence-electron chi connectivity index (χ3n) is 4.61. The van der Waals surface area contributed by atoms with Crippen LogP contribution in [0.5, 0.6) is 0 Å². The number of amides is 2. The van der Waals surface area contributed by atoms with Gasteiger partial charge in [0.1, 0.15) is 0 Å². The van der Waals surface area contributed by atoms with E-state index in [1.807, 2.05) is 58.0 Å². The molecule has 5 nitrogen and oxygen atoms in total. The molecular weight excluding hydrogens is 326 g/mol. The van der Waals surface area contributed by atoms with E-state index in [1.54, 1.807) is 6.07 Å². The highest BCUT2D eigenvalue weighted by molar-refractivity contribution is 6.42. The number of imide groups is 1. The topological polar surface area (TPSA) is 79.2 Å². The maximum atomic E-state index is 13.1. The van der Waals surface area contributed by atoms with Crippen molar-refractivity contribution in [1.29, 1.82) is 0 Å². The van der Waals surface area contributed by atoms with E-state index in [0.717, 1.165) is 22.5 Å². The number of carbonyl (C=O) groups excluding carboxylic acids is 2. The van der Waals surface area contributed by atoms with Gasteiger partial charge in [0.15, 0.2) is 0 Å². The maximum absolute atomic E-state index is 13.1. The lowest BCUT2D eigenvalue weighted by Gasteiger charge is -2.20. The molecule has 1 aliphatic heterocycles. The number of nitrogens with one attached hydrogen (secondary N) is 1. The molecule has 1 atom stereocenters. The Balaban J connectivity index is 2.04. The molecule has 0 aliphatic carbocycles. The summed E-state index contributed by atoms with van der Waals surface area (Å²) in [4.78, 5) is 30.4. The molecule has 0 radical (unpaired) electrons. The molecule has 1 aromatic carbocycles. The number of anilines is 1. The predicted octanol–water partition coefficient (Wildman–Crippen LogP) is 3.42. The summed E-state index contributed by atoms with van der Waals surface area (Å²) < 4.78 is 0. The molecule has 2 aromatic rings. The van der Waals surface area contributed by atoms with Gasteiger partial charge in [0, 0.05) is 17.0 Å². The van der Waals surface area contributed by atoms with Gasteiger partial charge in [-0.05, 0) is 50.0 Å². The van der Waals surface area contributed by atoms with Crippen LogP contribution in [-0.2, 0) is 9.59 Å². The van der Waals surface area contributed by atoms with Crippen LogP contribution in [0.2, 0.25) is 0 Å². The van der Waals surface area contributed by atoms with Crippen molar-refractivity contribution >= 4 is 29.2 Å². The minimum Gasteiger partial charge on any atom is -0.359 e. The number of para-hydroxylation sites is 1. The van der Waals surface area contributed by atoms with Gasteiger partial charge in [0.2, 0.25) is 0 Å². The van der Waals surface area contributed by atoms with Crippen LogP contribution >= 0.6 is 0 Å². The van der Waals surface area contributed by atoms with Crippen molar-refractivity contribution < 1.29 is 9.59 Å². The fraction of sp³-hybridized carbons (Fsp3) is 0.333. The normalized spacial score (nSPS) is 16.5. The van der Waals surface area contributed by atoms with Crippen LogP contribution in [0.3, 0.4) is 0 Å². The van der Waals surface area contributed by atoms with Crippen LogP contribution in [0.15, 0.2) is 30.3 Å². The van der Waals surface area contributed by atoms with Gasteiger partial charge in [-0.25, -0.2) is 4.90 Å². The summed E-state index contributed by atoms with van der Waals surface area (Å²) in [7, 11) is 0. The smallest absolute Gasteiger partial charge is 0.265 e. The third kappa shape index (κ3) is 3.22. The molecule has 3 N–H and O–H groups in total. The summed E-state index contributed by atoms with van der Waals surface area (Å²) in [5.74, 6) is -0.387. The van der Waals surface area contributed by atoms with E-state index >= 15 is 0 Å². The number of benzene rings is 1. The lowest BCUT2D eigenvalue weighted by Crippen LogP contribution is -2.45. The van der Waals surface area contributed by atoms with E-state index < -0.39 is 6.04 Å². The Morgan fingerprint density at radius 2 is 1.96 bits per heavy atom. The molecule has 136 valence electrons. The fourth-order valence-corrected chi connectivity index (χ4v) is 3.42. The van der Waals surface area contributed by atoms with Crippen LogP contribution < -0.4 is 10.6 Å². The number of nitrogens with zero attached hydrogens (tertiary/aromatic N) is 1. The summed E-state index contributed by atoms with van der Waals surface area (Å²) in [6.45, 7) is 7.98. The highest BCUT2D eigenvalue weighted by Crippen LogP contribution is 2.38. The minimum absolute atomic E-state index is 0.279. The number of rotatable bonds is 4. The molecule has 1 aliphatic rings. The lowest BCUT2D eigenvalue weighted by molar-refractivity contribution is -0.124. The van der Waals surface area contributed by atoms with Crippen molar-refractivity contribution in [2.45, 2.75) is 40.2 Å². The van der Waals surface area contributed by atoms with E-state index in [0.29, 0.717) is 17.7 Å². The van der Waals surface area contributed by atoms with Gasteiger partial charge < -0.3 is 10.7 Å². The second kappa shape index (κ2) is 6.92. The molecule has 0 saturated carbocycles. The van der Waals surface area contributed by atoms with Gasteiger partial charge in [-0.1, -0.05) is 32.0 Å². The number of carbonyl (C=O) groups is 2. The van der Waals surface area contributed by atoms with Crippen LogP contribution in [0, 0.1) is 19.8 Å². The number of aryl methyl sites for hydroxylation is 2. The molecular formula is C21H25N3O2. The zero-order valence-corrected chi connectivity index (χ0v) is 15.7. The lowest BCUT2D eigenvalue weighted by atomic mass is 10.0. The molecule has 26 heavy (non-hydrogen) atoms. The second-order valence-corrected chi connectivity index (χ2v) is 7.34. The first-order valence-corrected chi connectivity index (χ1v) is 8.90. The zero-order valence-electron chi connectivity index (χ0n) is 15.7. The molecule has 2 amide bonds. The largest absolute Gasteiger partial charge is 0.359 e. The third-order valence-corrected chi connectivity index (χ3v) is 4.61. The number of hydrogen-bond donors (Lipinski definition) is 2. The van der Waals surface area contributed by atoms with Crippen molar-refractivity contribution in [3.05, 3.63) is 52.8 Å². The number of H-pyrrole nitrogens is 1. The van der Waals surface area contributed by atoms with Crippen molar-refractivity contribution in [3.8, 4) is 0 Å². The fourth-order valence-electron chi connectivity index (χ4n) is 3.42. The summed E-state index contributed by atoms with van der Waals surface area (Å²) in [6, 6.07) is 8.69. The first kappa shape index (κ1) is 18.1. The van der Waals surface area contributed by atoms with Gasteiger partial charge in [0.05, 0.1) is 17.3 Å². The summed E-state index contributed by atoms with van der Waals surface area (Å²) in [6.07, 6.45) is 2.36. The van der Waals surface area contributed by atoms with E-state index in [4.69, 9.17) is 5.73 Å². The molecule has 0 fully saturated rings. The maximum Gasteiger partial charge on any atom is 0.265 e. The minimum atomic E-state index is -0.694. The molecule has 2 heterocycles. The highest BCUT2D eigenvalue weighted by Gasteiger charge is 2.38. The molecule has 1 aromatic heterocycles. The quantitative estimate of drug-likeness (QED) is 0.829. The summed E-state index contributed by atoms with van der Waals surface area (Å²) >= 11 is 0. The van der Waals surface area contributed by atoms with Gasteiger partial charge in [-0.15, -0.1) is 0 Å². The Labute approximate surface area is 153 Å². The number of aromatic amines is 1. The average Bonchev–Trinajstić information content (AvgIpc) is 3.03. The number of hydrogen-bond acceptors (Lipinski definition) is 3. The monoisotopic (exact) mass is 351 g/mol. The van der Waals surface area contributed by atoms with Crippen LogP contribution in [-0.4, -0.2) is 22.8 Å². The van der Waals surface area contributed by atoms with E-state index in [-0.39, 0.29) is 17.7 Å². The first-order valence-electron chi connectivity index (χ1n) is 8.90. The Morgan fingerprint density at radius 1 is 1.27 bits per heavy atom. The van der Waals surface area contributed by atoms with Gasteiger partial charge in [0.25, 0.3) is 11.8 Å². The average molecular weight is 351 g/mol. The Bertz CT molecular complexity index is 892. The van der Waals surface area contributed by atoms with Crippen molar-refractivity contribution in [1.82, 2.24) is 4.98 Å². The number of fused-ring (bicyclic) bond motifs is 1. The van der Waals surface area contributed by atoms with E-state index in [2.05, 4.69) is 4.98 Å². The number of aromatic nitrogens is 1. The standard InChI is InChI=1S/C21H25N3O2/c1-12(2)9-17(22)21(26)24-19-8-6-5-7-15(19)16(20(24)25)11-18-13(3)10-14(4)23-18/h5-8,10-12,17,23H,9,22H2,1-4H3/b16-11-. The van der Waals surface area contributed by atoms with Gasteiger partial charge >= 0.3 is 0 Å². The van der Waals surface area contributed by atoms with Crippen LogP contribution in [0.4, 0.5) is 5.69 Å². The van der Waals surface area contributed by atoms with Crippen LogP contribution in [0.25, 0.3) is 11.6 Å². The zero-order chi connectivity index (χ0) is 19.0. The Morgan fingerprint density at radius 3 is 2.58 bits per heavy atom. The van der Waals surface area contributed by atoms with Crippen molar-refractivity contribution in [2.75, 3.05) is 4.90 Å². The van der Waals surface area contributed by atoms with Gasteiger partial charge in [-0.3, -0.25) is 9.59 Å². The highest BCUT2D eigenvalue weighted by atomic mass is 16.2. The first-order chi connectivity index (χ1) is 12.3.